The fraction of sp³-hybridized carbons (Fsp3) is 0.158. The number of rotatable bonds is 6. The number of aryl methyl sites for hydroxylation is 1. The van der Waals surface area contributed by atoms with E-state index in [-0.39, 0.29) is 6.54 Å². The molecule has 0 atom stereocenters. The number of anilines is 1. The van der Waals surface area contributed by atoms with Gasteiger partial charge in [-0.1, -0.05) is 47.1 Å². The number of aromatic nitrogens is 1. The van der Waals surface area contributed by atoms with Gasteiger partial charge in [-0.3, -0.25) is 0 Å². The Bertz CT molecular complexity index is 839. The summed E-state index contributed by atoms with van der Waals surface area (Å²) >= 11 is 0. The first-order valence-corrected chi connectivity index (χ1v) is 7.92. The van der Waals surface area contributed by atoms with Gasteiger partial charge >= 0.3 is 6.09 Å². The second kappa shape index (κ2) is 7.53. The third-order valence-electron chi connectivity index (χ3n) is 3.77. The van der Waals surface area contributed by atoms with Crippen LogP contribution < -0.4 is 10.6 Å². The molecular formula is C19H19N3O3. The fourth-order valence-corrected chi connectivity index (χ4v) is 2.36. The van der Waals surface area contributed by atoms with Crippen molar-refractivity contribution in [2.75, 3.05) is 5.32 Å². The Morgan fingerprint density at radius 2 is 1.80 bits per heavy atom. The van der Waals surface area contributed by atoms with E-state index in [1.165, 1.54) is 11.1 Å². The molecule has 1 aromatic heterocycles. The molecule has 3 N–H and O–H groups in total. The lowest BCUT2D eigenvalue weighted by molar-refractivity contribution is 0.192. The Morgan fingerprint density at radius 3 is 2.48 bits per heavy atom. The zero-order valence-electron chi connectivity index (χ0n) is 13.8. The summed E-state index contributed by atoms with van der Waals surface area (Å²) in [5, 5.41) is 18.2. The number of carboxylic acid groups (broad SMARTS) is 1. The highest BCUT2D eigenvalue weighted by Crippen LogP contribution is 2.21. The van der Waals surface area contributed by atoms with Crippen LogP contribution in [0.2, 0.25) is 0 Å². The molecule has 0 bridgehead atoms. The standard InChI is InChI=1S/C19H19N3O3/c1-13-2-4-14(5-3-13)11-20-16-8-6-15(7-9-16)18-10-17(25-22-18)12-21-19(23)24/h2-10,20-21H,11-12H2,1H3,(H,23,24). The van der Waals surface area contributed by atoms with Crippen molar-refractivity contribution in [1.29, 1.82) is 0 Å². The molecule has 0 aliphatic rings. The van der Waals surface area contributed by atoms with Gasteiger partial charge in [0, 0.05) is 23.9 Å². The van der Waals surface area contributed by atoms with Crippen LogP contribution in [0.4, 0.5) is 10.5 Å². The van der Waals surface area contributed by atoms with Crippen molar-refractivity contribution >= 4 is 11.8 Å². The summed E-state index contributed by atoms with van der Waals surface area (Å²) < 4.78 is 5.12. The molecule has 3 rings (SSSR count). The zero-order valence-corrected chi connectivity index (χ0v) is 13.8. The number of nitrogens with zero attached hydrogens (tertiary/aromatic N) is 1. The van der Waals surface area contributed by atoms with Gasteiger partial charge in [0.2, 0.25) is 0 Å². The fourth-order valence-electron chi connectivity index (χ4n) is 2.36. The summed E-state index contributed by atoms with van der Waals surface area (Å²) in [4.78, 5) is 10.5. The van der Waals surface area contributed by atoms with Gasteiger partial charge in [-0.15, -0.1) is 0 Å². The molecule has 0 fully saturated rings. The molecule has 0 unspecified atom stereocenters. The lowest BCUT2D eigenvalue weighted by Gasteiger charge is -2.07. The Balaban J connectivity index is 1.60. The Labute approximate surface area is 145 Å². The van der Waals surface area contributed by atoms with Crippen molar-refractivity contribution in [3.05, 3.63) is 71.5 Å². The van der Waals surface area contributed by atoms with Crippen molar-refractivity contribution < 1.29 is 14.4 Å². The minimum absolute atomic E-state index is 0.0958. The third-order valence-corrected chi connectivity index (χ3v) is 3.77. The predicted octanol–water partition coefficient (Wildman–Crippen LogP) is 4.03. The maximum absolute atomic E-state index is 10.5. The average molecular weight is 337 g/mol. The van der Waals surface area contributed by atoms with Crippen LogP contribution in [-0.2, 0) is 13.1 Å². The molecular weight excluding hydrogens is 318 g/mol. The molecule has 25 heavy (non-hydrogen) atoms. The van der Waals surface area contributed by atoms with Crippen molar-refractivity contribution in [3.63, 3.8) is 0 Å². The predicted molar refractivity (Wildman–Crippen MR) is 95.3 cm³/mol. The van der Waals surface area contributed by atoms with Gasteiger partial charge in [0.1, 0.15) is 5.69 Å². The third kappa shape index (κ3) is 4.60. The summed E-state index contributed by atoms with van der Waals surface area (Å²) in [5.74, 6) is 0.471. The molecule has 0 aliphatic carbocycles. The normalized spacial score (nSPS) is 10.4. The molecule has 6 nitrogen and oxygen atoms in total. The summed E-state index contributed by atoms with van der Waals surface area (Å²) in [7, 11) is 0. The van der Waals surface area contributed by atoms with Gasteiger partial charge in [0.25, 0.3) is 0 Å². The van der Waals surface area contributed by atoms with E-state index in [1.807, 2.05) is 24.3 Å². The number of amides is 1. The second-order valence-electron chi connectivity index (χ2n) is 5.75. The number of nitrogens with one attached hydrogen (secondary N) is 2. The molecule has 0 saturated carbocycles. The highest BCUT2D eigenvalue weighted by atomic mass is 16.5. The molecule has 128 valence electrons. The van der Waals surface area contributed by atoms with Gasteiger partial charge < -0.3 is 20.3 Å². The average Bonchev–Trinajstić information content (AvgIpc) is 3.09. The van der Waals surface area contributed by atoms with E-state index in [4.69, 9.17) is 9.63 Å². The van der Waals surface area contributed by atoms with E-state index in [0.717, 1.165) is 17.8 Å². The quantitative estimate of drug-likeness (QED) is 0.632. The van der Waals surface area contributed by atoms with Crippen LogP contribution in [0.15, 0.2) is 59.1 Å². The highest BCUT2D eigenvalue weighted by molar-refractivity contribution is 5.65. The molecule has 6 heteroatoms. The number of hydrogen-bond acceptors (Lipinski definition) is 4. The summed E-state index contributed by atoms with van der Waals surface area (Å²) in [6.07, 6.45) is -1.10. The largest absolute Gasteiger partial charge is 0.465 e. The van der Waals surface area contributed by atoms with Crippen molar-refractivity contribution in [2.45, 2.75) is 20.0 Å². The van der Waals surface area contributed by atoms with E-state index < -0.39 is 6.09 Å². The van der Waals surface area contributed by atoms with E-state index in [1.54, 1.807) is 6.07 Å². The van der Waals surface area contributed by atoms with E-state index in [0.29, 0.717) is 11.5 Å². The van der Waals surface area contributed by atoms with Crippen molar-refractivity contribution in [1.82, 2.24) is 10.5 Å². The van der Waals surface area contributed by atoms with Gasteiger partial charge in [-0.2, -0.15) is 0 Å². The van der Waals surface area contributed by atoms with Crippen LogP contribution in [0.3, 0.4) is 0 Å². The van der Waals surface area contributed by atoms with Crippen LogP contribution in [0, 0.1) is 6.92 Å². The van der Waals surface area contributed by atoms with E-state index in [2.05, 4.69) is 47.0 Å². The first kappa shape index (κ1) is 16.6. The topological polar surface area (TPSA) is 87.4 Å². The number of hydrogen-bond donors (Lipinski definition) is 3. The van der Waals surface area contributed by atoms with Crippen LogP contribution in [0.1, 0.15) is 16.9 Å². The minimum atomic E-state index is -1.10. The minimum Gasteiger partial charge on any atom is -0.465 e. The van der Waals surface area contributed by atoms with Crippen LogP contribution in [0.5, 0.6) is 0 Å². The van der Waals surface area contributed by atoms with Crippen molar-refractivity contribution in [2.24, 2.45) is 0 Å². The molecule has 1 amide bonds. The van der Waals surface area contributed by atoms with E-state index in [9.17, 15) is 4.79 Å². The summed E-state index contributed by atoms with van der Waals surface area (Å²) in [6.45, 7) is 2.93. The molecule has 0 saturated heterocycles. The molecule has 0 aliphatic heterocycles. The Morgan fingerprint density at radius 1 is 1.08 bits per heavy atom. The monoisotopic (exact) mass is 337 g/mol. The van der Waals surface area contributed by atoms with E-state index >= 15 is 0 Å². The Kier molecular flexibility index (Phi) is 4.99. The molecule has 2 aromatic carbocycles. The molecule has 0 radical (unpaired) electrons. The van der Waals surface area contributed by atoms with Crippen LogP contribution in [0.25, 0.3) is 11.3 Å². The van der Waals surface area contributed by atoms with Crippen LogP contribution in [-0.4, -0.2) is 16.4 Å². The first-order chi connectivity index (χ1) is 12.1. The summed E-state index contributed by atoms with van der Waals surface area (Å²) in [5.41, 5.74) is 5.07. The number of benzene rings is 2. The lowest BCUT2D eigenvalue weighted by atomic mass is 10.1. The zero-order chi connectivity index (χ0) is 17.6. The first-order valence-electron chi connectivity index (χ1n) is 7.92. The van der Waals surface area contributed by atoms with Crippen molar-refractivity contribution in [3.8, 4) is 11.3 Å². The number of carbonyl (C=O) groups is 1. The molecule has 0 spiro atoms. The van der Waals surface area contributed by atoms with Gasteiger partial charge in [0.05, 0.1) is 6.54 Å². The Hall–Kier alpha value is -3.28. The smallest absolute Gasteiger partial charge is 0.405 e. The lowest BCUT2D eigenvalue weighted by Crippen LogP contribution is -2.19. The van der Waals surface area contributed by atoms with Gasteiger partial charge in [-0.05, 0) is 24.6 Å². The maximum atomic E-state index is 10.5. The SMILES string of the molecule is Cc1ccc(CNc2ccc(-c3cc(CNC(=O)O)on3)cc2)cc1. The maximum Gasteiger partial charge on any atom is 0.405 e. The highest BCUT2D eigenvalue weighted by Gasteiger charge is 2.07. The summed E-state index contributed by atoms with van der Waals surface area (Å²) in [6, 6.07) is 18.0. The molecule has 1 heterocycles. The van der Waals surface area contributed by atoms with Gasteiger partial charge in [0.15, 0.2) is 5.76 Å². The molecule has 3 aromatic rings. The van der Waals surface area contributed by atoms with Crippen LogP contribution >= 0.6 is 0 Å². The second-order valence-corrected chi connectivity index (χ2v) is 5.75. The van der Waals surface area contributed by atoms with Gasteiger partial charge in [-0.25, -0.2) is 4.79 Å².